The van der Waals surface area contributed by atoms with E-state index in [9.17, 15) is 4.79 Å². The van der Waals surface area contributed by atoms with Gasteiger partial charge in [-0.2, -0.15) is 0 Å². The Hall–Kier alpha value is -1.44. The average Bonchev–Trinajstić information content (AvgIpc) is 3.20. The molecule has 0 aliphatic carbocycles. The number of hydrogen-bond donors (Lipinski definition) is 0. The zero-order valence-electron chi connectivity index (χ0n) is 16.6. The van der Waals surface area contributed by atoms with E-state index in [0.717, 1.165) is 39.4 Å². The topological polar surface area (TPSA) is 36.4 Å². The molecule has 1 aliphatic heterocycles. The molecule has 4 nitrogen and oxygen atoms in total. The van der Waals surface area contributed by atoms with Crippen molar-refractivity contribution in [3.05, 3.63) is 74.2 Å². The molecule has 1 fully saturated rings. The maximum Gasteiger partial charge on any atom is 0.228 e. The summed E-state index contributed by atoms with van der Waals surface area (Å²) in [7, 11) is 0. The highest BCUT2D eigenvalue weighted by Crippen LogP contribution is 2.30. The van der Waals surface area contributed by atoms with Crippen molar-refractivity contribution in [2.24, 2.45) is 0 Å². The first-order valence-corrected chi connectivity index (χ1v) is 12.8. The van der Waals surface area contributed by atoms with Gasteiger partial charge >= 0.3 is 0 Å². The van der Waals surface area contributed by atoms with Crippen LogP contribution in [0.2, 0.25) is 15.1 Å². The van der Waals surface area contributed by atoms with E-state index in [1.54, 1.807) is 29.2 Å². The molecule has 2 heterocycles. The number of carbonyl (C=O) groups is 1. The quantitative estimate of drug-likeness (QED) is 0.364. The van der Waals surface area contributed by atoms with Crippen molar-refractivity contribution in [1.82, 2.24) is 9.88 Å². The second-order valence-electron chi connectivity index (χ2n) is 7.15. The Morgan fingerprint density at radius 3 is 2.55 bits per heavy atom. The molecule has 0 spiro atoms. The van der Waals surface area contributed by atoms with Crippen LogP contribution < -0.4 is 4.90 Å². The summed E-state index contributed by atoms with van der Waals surface area (Å²) in [6.07, 6.45) is 0.329. The lowest BCUT2D eigenvalue weighted by Crippen LogP contribution is -2.49. The monoisotopic (exact) mass is 511 g/mol. The number of benzene rings is 2. The van der Waals surface area contributed by atoms with Gasteiger partial charge in [-0.1, -0.05) is 58.7 Å². The third-order valence-electron chi connectivity index (χ3n) is 5.04. The van der Waals surface area contributed by atoms with Gasteiger partial charge in [-0.25, -0.2) is 4.98 Å². The fraction of sp³-hybridized carbons (Fsp3) is 0.273. The van der Waals surface area contributed by atoms with Crippen LogP contribution in [0.3, 0.4) is 0 Å². The molecule has 0 N–H and O–H groups in total. The Balaban J connectivity index is 1.27. The normalized spacial score (nSPS) is 14.2. The first-order chi connectivity index (χ1) is 15.0. The Kier molecular flexibility index (Phi) is 7.67. The van der Waals surface area contributed by atoms with Gasteiger partial charge in [0.15, 0.2) is 0 Å². The number of nitrogens with zero attached hydrogens (tertiary/aromatic N) is 3. The Morgan fingerprint density at radius 1 is 1.03 bits per heavy atom. The van der Waals surface area contributed by atoms with Crippen LogP contribution in [0.5, 0.6) is 0 Å². The molecule has 162 valence electrons. The van der Waals surface area contributed by atoms with Crippen molar-refractivity contribution in [2.45, 2.75) is 16.5 Å². The van der Waals surface area contributed by atoms with Crippen LogP contribution in [0.4, 0.5) is 5.69 Å². The number of rotatable bonds is 6. The third kappa shape index (κ3) is 6.08. The molecular weight excluding hydrogens is 493 g/mol. The number of aromatic nitrogens is 1. The van der Waals surface area contributed by atoms with Crippen molar-refractivity contribution in [3.8, 4) is 0 Å². The van der Waals surface area contributed by atoms with Crippen LogP contribution in [0, 0.1) is 0 Å². The summed E-state index contributed by atoms with van der Waals surface area (Å²) in [6, 6.07) is 13.3. The number of thiazole rings is 1. The molecule has 0 atom stereocenters. The molecule has 4 rings (SSSR count). The van der Waals surface area contributed by atoms with Gasteiger partial charge in [0.2, 0.25) is 5.91 Å². The molecule has 1 aliphatic rings. The first-order valence-electron chi connectivity index (χ1n) is 9.77. The van der Waals surface area contributed by atoms with Crippen LogP contribution in [-0.2, 0) is 17.0 Å². The molecule has 1 saturated heterocycles. The smallest absolute Gasteiger partial charge is 0.228 e. The van der Waals surface area contributed by atoms with E-state index in [2.05, 4.69) is 16.0 Å². The second-order valence-corrected chi connectivity index (χ2v) is 10.5. The zero-order valence-corrected chi connectivity index (χ0v) is 20.5. The summed E-state index contributed by atoms with van der Waals surface area (Å²) in [5.41, 5.74) is 2.93. The third-order valence-corrected chi connectivity index (χ3v) is 7.98. The lowest BCUT2D eigenvalue weighted by molar-refractivity contribution is -0.130. The van der Waals surface area contributed by atoms with Gasteiger partial charge in [-0.05, 0) is 35.9 Å². The molecule has 1 amide bonds. The van der Waals surface area contributed by atoms with Gasteiger partial charge in [0.05, 0.1) is 12.1 Å². The second kappa shape index (κ2) is 10.5. The predicted molar refractivity (Wildman–Crippen MR) is 132 cm³/mol. The van der Waals surface area contributed by atoms with Crippen molar-refractivity contribution < 1.29 is 4.79 Å². The molecule has 0 saturated carbocycles. The van der Waals surface area contributed by atoms with Crippen molar-refractivity contribution in [2.75, 3.05) is 31.1 Å². The molecule has 2 aromatic carbocycles. The van der Waals surface area contributed by atoms with Gasteiger partial charge in [0.25, 0.3) is 0 Å². The number of piperazine rings is 1. The number of hydrogen-bond acceptors (Lipinski definition) is 5. The van der Waals surface area contributed by atoms with Crippen LogP contribution in [-0.4, -0.2) is 42.0 Å². The molecular formula is C22H20Cl3N3OS2. The van der Waals surface area contributed by atoms with Gasteiger partial charge in [0, 0.05) is 58.1 Å². The first kappa shape index (κ1) is 22.7. The van der Waals surface area contributed by atoms with E-state index < -0.39 is 0 Å². The number of thioether (sulfide) groups is 1. The summed E-state index contributed by atoms with van der Waals surface area (Å²) in [4.78, 5) is 21.5. The molecule has 0 radical (unpaired) electrons. The standard InChI is InChI=1S/C22H20Cl3N3OS2/c23-16-2-1-3-19(10-16)27-6-8-28(9-7-27)21(29)12-18-14-31-22(26-18)30-13-15-4-5-17(24)11-20(15)25/h1-5,10-11,14H,6-9,12-13H2. The largest absolute Gasteiger partial charge is 0.368 e. The van der Waals surface area contributed by atoms with E-state index in [4.69, 9.17) is 34.8 Å². The fourth-order valence-corrected chi connectivity index (χ4v) is 5.96. The number of amides is 1. The lowest BCUT2D eigenvalue weighted by atomic mass is 10.2. The van der Waals surface area contributed by atoms with E-state index in [0.29, 0.717) is 35.3 Å². The maximum atomic E-state index is 12.7. The maximum absolute atomic E-state index is 12.7. The fourth-order valence-electron chi connectivity index (χ4n) is 3.37. The average molecular weight is 513 g/mol. The van der Waals surface area contributed by atoms with Crippen LogP contribution in [0.25, 0.3) is 0 Å². The number of anilines is 1. The van der Waals surface area contributed by atoms with Crippen LogP contribution in [0.1, 0.15) is 11.3 Å². The Bertz CT molecular complexity index is 1070. The van der Waals surface area contributed by atoms with Crippen molar-refractivity contribution in [3.63, 3.8) is 0 Å². The summed E-state index contributed by atoms with van der Waals surface area (Å²) in [6.45, 7) is 3.00. The van der Waals surface area contributed by atoms with Crippen molar-refractivity contribution in [1.29, 1.82) is 0 Å². The highest BCUT2D eigenvalue weighted by atomic mass is 35.5. The molecule has 31 heavy (non-hydrogen) atoms. The summed E-state index contributed by atoms with van der Waals surface area (Å²) < 4.78 is 0.930. The molecule has 3 aromatic rings. The van der Waals surface area contributed by atoms with E-state index in [1.807, 2.05) is 40.6 Å². The van der Waals surface area contributed by atoms with Crippen LogP contribution in [0.15, 0.2) is 52.2 Å². The van der Waals surface area contributed by atoms with Gasteiger partial charge < -0.3 is 9.80 Å². The van der Waals surface area contributed by atoms with E-state index in [1.165, 1.54) is 0 Å². The summed E-state index contributed by atoms with van der Waals surface area (Å²) >= 11 is 21.5. The van der Waals surface area contributed by atoms with Crippen LogP contribution >= 0.6 is 57.9 Å². The highest BCUT2D eigenvalue weighted by molar-refractivity contribution is 8.00. The minimum atomic E-state index is 0.119. The number of carbonyl (C=O) groups excluding carboxylic acids is 1. The van der Waals surface area contributed by atoms with Gasteiger partial charge in [-0.3, -0.25) is 4.79 Å². The lowest BCUT2D eigenvalue weighted by Gasteiger charge is -2.36. The summed E-state index contributed by atoms with van der Waals surface area (Å²) in [5.74, 6) is 0.830. The Labute approximate surface area is 205 Å². The molecule has 0 unspecified atom stereocenters. The minimum absolute atomic E-state index is 0.119. The highest BCUT2D eigenvalue weighted by Gasteiger charge is 2.22. The molecule has 9 heteroatoms. The zero-order chi connectivity index (χ0) is 21.8. The summed E-state index contributed by atoms with van der Waals surface area (Å²) in [5, 5.41) is 3.98. The van der Waals surface area contributed by atoms with E-state index >= 15 is 0 Å². The predicted octanol–water partition coefficient (Wildman–Crippen LogP) is 6.29. The minimum Gasteiger partial charge on any atom is -0.368 e. The van der Waals surface area contributed by atoms with E-state index in [-0.39, 0.29) is 5.91 Å². The SMILES string of the molecule is O=C(Cc1csc(SCc2ccc(Cl)cc2Cl)n1)N1CCN(c2cccc(Cl)c2)CC1. The van der Waals surface area contributed by atoms with Gasteiger partial charge in [0.1, 0.15) is 4.34 Å². The van der Waals surface area contributed by atoms with Gasteiger partial charge in [-0.15, -0.1) is 11.3 Å². The molecule has 0 bridgehead atoms. The number of halogens is 3. The molecule has 1 aromatic heterocycles. The van der Waals surface area contributed by atoms with Crippen molar-refractivity contribution >= 4 is 69.5 Å². The Morgan fingerprint density at radius 2 is 1.81 bits per heavy atom.